The first-order chi connectivity index (χ1) is 15.6. The molecule has 0 aliphatic heterocycles. The quantitative estimate of drug-likeness (QED) is 0.0618. The highest BCUT2D eigenvalue weighted by molar-refractivity contribution is 6.74. The molecule has 0 heterocycles. The lowest BCUT2D eigenvalue weighted by Crippen LogP contribution is -2.40. The van der Waals surface area contributed by atoms with Crippen molar-refractivity contribution in [3.63, 3.8) is 0 Å². The third kappa shape index (κ3) is 12.2. The van der Waals surface area contributed by atoms with Gasteiger partial charge in [0.15, 0.2) is 14.1 Å². The van der Waals surface area contributed by atoms with Crippen LogP contribution in [0.4, 0.5) is 0 Å². The van der Waals surface area contributed by atoms with Crippen molar-refractivity contribution < 1.29 is 14.0 Å². The Balaban J connectivity index is 2.30. The molecule has 1 aromatic rings. The summed E-state index contributed by atoms with van der Waals surface area (Å²) in [5, 5.41) is 4.14. The Morgan fingerprint density at radius 2 is 1.85 bits per heavy atom. The molecule has 0 aliphatic rings. The molecule has 7 heteroatoms. The summed E-state index contributed by atoms with van der Waals surface area (Å²) < 4.78 is 11.9. The molecule has 1 rings (SSSR count). The zero-order valence-corrected chi connectivity index (χ0v) is 22.4. The number of hydrogen-bond acceptors (Lipinski definition) is 4. The van der Waals surface area contributed by atoms with E-state index in [-0.39, 0.29) is 22.8 Å². The van der Waals surface area contributed by atoms with E-state index in [0.717, 1.165) is 37.9 Å². The number of rotatable bonds is 16. The minimum Gasteiger partial charge on any atom is -0.417 e. The van der Waals surface area contributed by atoms with Gasteiger partial charge in [-0.1, -0.05) is 69.2 Å². The lowest BCUT2D eigenvalue weighted by molar-refractivity contribution is -0.114. The Labute approximate surface area is 201 Å². The largest absolute Gasteiger partial charge is 0.417 e. The highest BCUT2D eigenvalue weighted by Crippen LogP contribution is 2.36. The Morgan fingerprint density at radius 1 is 1.15 bits per heavy atom. The number of unbranched alkanes of at least 4 members (excludes halogenated alkanes) is 1. The summed E-state index contributed by atoms with van der Waals surface area (Å²) in [6.07, 6.45) is 7.28. The average Bonchev–Trinajstić information content (AvgIpc) is 2.76. The van der Waals surface area contributed by atoms with Crippen LogP contribution in [-0.4, -0.2) is 33.4 Å². The van der Waals surface area contributed by atoms with Gasteiger partial charge < -0.3 is 9.16 Å². The van der Waals surface area contributed by atoms with Crippen molar-refractivity contribution in [2.45, 2.75) is 90.6 Å². The number of hydrogen-bond donors (Lipinski definition) is 0. The minimum absolute atomic E-state index is 0.000825. The molecule has 0 saturated carbocycles. The fraction of sp³-hybridized carbons (Fsp3) is 0.654. The van der Waals surface area contributed by atoms with Crippen LogP contribution >= 0.6 is 0 Å². The van der Waals surface area contributed by atoms with Gasteiger partial charge in [-0.05, 0) is 66.9 Å². The van der Waals surface area contributed by atoms with E-state index >= 15 is 0 Å². The first kappa shape index (κ1) is 29.1. The van der Waals surface area contributed by atoms with E-state index in [4.69, 9.17) is 14.7 Å². The van der Waals surface area contributed by atoms with Gasteiger partial charge in [-0.15, -0.1) is 0 Å². The van der Waals surface area contributed by atoms with Gasteiger partial charge in [-0.2, -0.15) is 0 Å². The van der Waals surface area contributed by atoms with Crippen LogP contribution in [0.1, 0.15) is 65.4 Å². The molecule has 0 N–H and O–H groups in total. The smallest absolute Gasteiger partial charge is 0.191 e. The molecule has 0 saturated heterocycles. The second-order valence-electron chi connectivity index (χ2n) is 10.2. The highest BCUT2D eigenvalue weighted by atomic mass is 28.4. The van der Waals surface area contributed by atoms with Crippen LogP contribution in [0.2, 0.25) is 18.1 Å². The Morgan fingerprint density at radius 3 is 2.48 bits per heavy atom. The minimum atomic E-state index is -1.71. The van der Waals surface area contributed by atoms with Crippen molar-refractivity contribution in [2.24, 2.45) is 11.0 Å². The van der Waals surface area contributed by atoms with Crippen molar-refractivity contribution in [1.29, 1.82) is 0 Å². The van der Waals surface area contributed by atoms with Crippen LogP contribution in [-0.2, 0) is 20.6 Å². The lowest BCUT2D eigenvalue weighted by Gasteiger charge is -2.36. The molecule has 33 heavy (non-hydrogen) atoms. The molecule has 0 fully saturated rings. The normalized spacial score (nSPS) is 14.1. The van der Waals surface area contributed by atoms with Gasteiger partial charge in [0.1, 0.15) is 0 Å². The molecule has 184 valence electrons. The number of ether oxygens (including phenoxy) is 1. The summed E-state index contributed by atoms with van der Waals surface area (Å²) in [7, 11) is -1.71. The molecule has 0 radical (unpaired) electrons. The average molecular weight is 474 g/mol. The molecule has 0 aromatic heterocycles. The van der Waals surface area contributed by atoms with Crippen LogP contribution in [0.3, 0.4) is 0 Å². The second-order valence-corrected chi connectivity index (χ2v) is 15.0. The van der Waals surface area contributed by atoms with Crippen LogP contribution in [0.15, 0.2) is 47.6 Å². The van der Waals surface area contributed by atoms with E-state index in [1.807, 2.05) is 43.3 Å². The van der Waals surface area contributed by atoms with Gasteiger partial charge in [0, 0.05) is 30.6 Å². The molecular weight excluding hydrogens is 430 g/mol. The number of ketones is 1. The van der Waals surface area contributed by atoms with Gasteiger partial charge >= 0.3 is 0 Å². The third-order valence-corrected chi connectivity index (χ3v) is 10.9. The zero-order chi connectivity index (χ0) is 24.7. The Kier molecular flexibility index (Phi) is 13.3. The summed E-state index contributed by atoms with van der Waals surface area (Å²) in [5.74, 6) is 0.112. The van der Waals surface area contributed by atoms with Crippen molar-refractivity contribution in [3.8, 4) is 0 Å². The van der Waals surface area contributed by atoms with Crippen molar-refractivity contribution in [1.82, 2.24) is 0 Å². The monoisotopic (exact) mass is 473 g/mol. The maximum Gasteiger partial charge on any atom is 0.191 e. The number of azide groups is 1. The second kappa shape index (κ2) is 15.1. The summed E-state index contributed by atoms with van der Waals surface area (Å²) >= 11 is 0. The van der Waals surface area contributed by atoms with Crippen LogP contribution in [0, 0.1) is 5.92 Å². The molecule has 0 unspecified atom stereocenters. The standard InChI is InChI=1S/C26H43N3O3Si/c1-22(17-18-24(30)15-10-11-20-32-33(5,6)26(2,3)4)25(28-29-27)16-12-19-31-21-23-13-8-7-9-14-23/h7-9,13-14,17-18,22,25H,10-12,15-16,19-21H2,1-6H3/b18-17+/t22-,25+/m1/s1. The maximum atomic E-state index is 12.2. The topological polar surface area (TPSA) is 84.3 Å². The molecule has 0 spiro atoms. The van der Waals surface area contributed by atoms with E-state index in [2.05, 4.69) is 43.9 Å². The highest BCUT2D eigenvalue weighted by Gasteiger charge is 2.36. The van der Waals surface area contributed by atoms with Crippen LogP contribution < -0.4 is 0 Å². The molecule has 0 amide bonds. The van der Waals surface area contributed by atoms with Crippen molar-refractivity contribution in [2.75, 3.05) is 13.2 Å². The molecule has 2 atom stereocenters. The van der Waals surface area contributed by atoms with E-state index < -0.39 is 8.32 Å². The van der Waals surface area contributed by atoms with Gasteiger partial charge in [0.05, 0.1) is 6.61 Å². The fourth-order valence-electron chi connectivity index (χ4n) is 3.07. The van der Waals surface area contributed by atoms with E-state index in [9.17, 15) is 4.79 Å². The number of carbonyl (C=O) groups is 1. The Hall–Kier alpha value is -1.92. The number of carbonyl (C=O) groups excluding carboxylic acids is 1. The lowest BCUT2D eigenvalue weighted by atomic mass is 9.97. The van der Waals surface area contributed by atoms with Gasteiger partial charge in [0.2, 0.25) is 0 Å². The van der Waals surface area contributed by atoms with Crippen molar-refractivity contribution in [3.05, 3.63) is 58.5 Å². The van der Waals surface area contributed by atoms with Crippen LogP contribution in [0.5, 0.6) is 0 Å². The van der Waals surface area contributed by atoms with E-state index in [1.165, 1.54) is 0 Å². The summed E-state index contributed by atoms with van der Waals surface area (Å²) in [6, 6.07) is 9.86. The predicted molar refractivity (Wildman–Crippen MR) is 139 cm³/mol. The summed E-state index contributed by atoms with van der Waals surface area (Å²) in [4.78, 5) is 15.2. The summed E-state index contributed by atoms with van der Waals surface area (Å²) in [6.45, 7) is 15.1. The SMILES string of the molecule is C[C@H](/C=C/C(=O)CCCCO[Si](C)(C)C(C)(C)C)[C@H](CCCOCc1ccccc1)N=[N+]=[N-]. The molecule has 6 nitrogen and oxygen atoms in total. The number of benzene rings is 1. The first-order valence-electron chi connectivity index (χ1n) is 12.1. The van der Waals surface area contributed by atoms with Gasteiger partial charge in [0.25, 0.3) is 0 Å². The Bertz CT molecular complexity index is 769. The maximum absolute atomic E-state index is 12.2. The summed E-state index contributed by atoms with van der Waals surface area (Å²) in [5.41, 5.74) is 10.1. The molecule has 1 aromatic carbocycles. The zero-order valence-electron chi connectivity index (χ0n) is 21.4. The first-order valence-corrected chi connectivity index (χ1v) is 15.0. The van der Waals surface area contributed by atoms with Crippen molar-refractivity contribution >= 4 is 14.1 Å². The predicted octanol–water partition coefficient (Wildman–Crippen LogP) is 7.62. The molecular formula is C26H43N3O3Si. The van der Waals surface area contributed by atoms with E-state index in [0.29, 0.717) is 19.6 Å². The number of allylic oxidation sites excluding steroid dienone is 1. The molecule has 0 bridgehead atoms. The number of nitrogens with zero attached hydrogens (tertiary/aromatic N) is 3. The van der Waals surface area contributed by atoms with E-state index in [1.54, 1.807) is 6.08 Å². The fourth-order valence-corrected chi connectivity index (χ4v) is 4.15. The van der Waals surface area contributed by atoms with Gasteiger partial charge in [-0.25, -0.2) is 0 Å². The van der Waals surface area contributed by atoms with Crippen LogP contribution in [0.25, 0.3) is 10.4 Å². The third-order valence-electron chi connectivity index (χ3n) is 6.38. The molecule has 0 aliphatic carbocycles. The van der Waals surface area contributed by atoms with Gasteiger partial charge in [-0.3, -0.25) is 4.79 Å².